The van der Waals surface area contributed by atoms with Gasteiger partial charge in [0.05, 0.1) is 6.10 Å². The zero-order chi connectivity index (χ0) is 14.5. The molecule has 0 unspecified atom stereocenters. The van der Waals surface area contributed by atoms with E-state index in [4.69, 9.17) is 9.47 Å². The van der Waals surface area contributed by atoms with E-state index in [-0.39, 0.29) is 17.7 Å². The summed E-state index contributed by atoms with van der Waals surface area (Å²) in [5.74, 6) is -0.322. The molecule has 3 fully saturated rings. The molecule has 108 valence electrons. The van der Waals surface area contributed by atoms with Gasteiger partial charge in [0.1, 0.15) is 5.41 Å². The number of allylic oxidation sites excluding steroid dienone is 1. The number of hydrogen-bond donors (Lipinski definition) is 1. The summed E-state index contributed by atoms with van der Waals surface area (Å²) in [7, 11) is 0. The minimum Gasteiger partial charge on any atom is -0.432 e. The number of epoxide rings is 1. The Morgan fingerprint density at radius 1 is 1.35 bits per heavy atom. The fraction of sp³-hybridized carbons (Fsp3) is 0.733. The zero-order valence-corrected chi connectivity index (χ0v) is 11.8. The number of rotatable bonds is 0. The first-order valence-corrected chi connectivity index (χ1v) is 7.07. The molecule has 0 aromatic heterocycles. The van der Waals surface area contributed by atoms with Crippen LogP contribution in [0.15, 0.2) is 11.6 Å². The van der Waals surface area contributed by atoms with E-state index in [0.29, 0.717) is 12.8 Å². The van der Waals surface area contributed by atoms with Crippen LogP contribution in [-0.2, 0) is 19.1 Å². The van der Waals surface area contributed by atoms with Gasteiger partial charge in [-0.1, -0.05) is 19.4 Å². The van der Waals surface area contributed by atoms with Crippen LogP contribution in [0.4, 0.5) is 0 Å². The Morgan fingerprint density at radius 3 is 2.65 bits per heavy atom. The first kappa shape index (κ1) is 12.5. The monoisotopic (exact) mass is 278 g/mol. The van der Waals surface area contributed by atoms with E-state index >= 15 is 0 Å². The van der Waals surface area contributed by atoms with Crippen LogP contribution in [0.3, 0.4) is 0 Å². The number of carbonyl (C=O) groups excluding carboxylic acids is 2. The van der Waals surface area contributed by atoms with Gasteiger partial charge in [-0.15, -0.1) is 0 Å². The average Bonchev–Trinajstić information content (AvgIpc) is 2.88. The highest BCUT2D eigenvalue weighted by Gasteiger charge is 2.84. The van der Waals surface area contributed by atoms with Gasteiger partial charge in [-0.3, -0.25) is 9.59 Å². The van der Waals surface area contributed by atoms with Gasteiger partial charge >= 0.3 is 5.97 Å². The summed E-state index contributed by atoms with van der Waals surface area (Å²) in [5, 5.41) is 11.0. The van der Waals surface area contributed by atoms with Gasteiger partial charge in [-0.05, 0) is 25.3 Å². The van der Waals surface area contributed by atoms with Crippen molar-refractivity contribution in [3.8, 4) is 0 Å². The van der Waals surface area contributed by atoms with Crippen LogP contribution in [0, 0.1) is 16.7 Å². The number of ether oxygens (including phenoxy) is 2. The predicted octanol–water partition coefficient (Wildman–Crippen LogP) is 0.951. The summed E-state index contributed by atoms with van der Waals surface area (Å²) < 4.78 is 10.7. The number of ketones is 1. The summed E-state index contributed by atoms with van der Waals surface area (Å²) in [6.45, 7) is 5.72. The minimum absolute atomic E-state index is 0.00132. The standard InChI is InChI=1S/C15H18O5/c1-7-4-9(16)5-8-6-15(10(17)13(7,8)2)11(18)19-12-14(15,3)20-12/h5,7,10,12,17H,4,6H2,1-3H3/t7-,10-,12+,13+,14-,15+/m0/s1. The molecule has 2 aliphatic carbocycles. The van der Waals surface area contributed by atoms with Gasteiger partial charge in [0.15, 0.2) is 11.4 Å². The maximum absolute atomic E-state index is 12.4. The molecule has 2 saturated heterocycles. The number of carbonyl (C=O) groups is 2. The Balaban J connectivity index is 1.90. The summed E-state index contributed by atoms with van der Waals surface area (Å²) in [6, 6.07) is 0. The predicted molar refractivity (Wildman–Crippen MR) is 67.4 cm³/mol. The molecule has 20 heavy (non-hydrogen) atoms. The Bertz CT molecular complexity index is 581. The molecule has 1 saturated carbocycles. The van der Waals surface area contributed by atoms with Crippen molar-refractivity contribution < 1.29 is 24.2 Å². The molecule has 5 nitrogen and oxygen atoms in total. The second kappa shape index (κ2) is 3.17. The van der Waals surface area contributed by atoms with Crippen molar-refractivity contribution in [2.75, 3.05) is 0 Å². The Kier molecular flexibility index (Phi) is 1.99. The summed E-state index contributed by atoms with van der Waals surface area (Å²) >= 11 is 0. The molecule has 0 bridgehead atoms. The first-order valence-electron chi connectivity index (χ1n) is 7.07. The van der Waals surface area contributed by atoms with E-state index in [1.54, 1.807) is 6.08 Å². The molecule has 0 amide bonds. The van der Waals surface area contributed by atoms with Gasteiger partial charge < -0.3 is 14.6 Å². The third-order valence-electron chi connectivity index (χ3n) is 6.27. The fourth-order valence-corrected chi connectivity index (χ4v) is 4.51. The Labute approximate surface area is 116 Å². The third kappa shape index (κ3) is 1.03. The lowest BCUT2D eigenvalue weighted by atomic mass is 9.64. The molecule has 1 spiro atoms. The van der Waals surface area contributed by atoms with Gasteiger partial charge in [0.2, 0.25) is 6.29 Å². The second-order valence-corrected chi connectivity index (χ2v) is 7.04. The van der Waals surface area contributed by atoms with Crippen LogP contribution in [0.1, 0.15) is 33.6 Å². The molecule has 0 aromatic rings. The van der Waals surface area contributed by atoms with Crippen LogP contribution < -0.4 is 0 Å². The molecule has 1 N–H and O–H groups in total. The summed E-state index contributed by atoms with van der Waals surface area (Å²) in [4.78, 5) is 24.2. The van der Waals surface area contributed by atoms with Crippen LogP contribution in [0.5, 0.6) is 0 Å². The molecule has 5 heteroatoms. The van der Waals surface area contributed by atoms with Crippen LogP contribution in [0.2, 0.25) is 0 Å². The molecule has 0 aromatic carbocycles. The molecule has 2 aliphatic heterocycles. The number of aliphatic hydroxyl groups is 1. The lowest BCUT2D eigenvalue weighted by Crippen LogP contribution is -2.52. The van der Waals surface area contributed by atoms with Gasteiger partial charge in [0.25, 0.3) is 0 Å². The molecule has 6 atom stereocenters. The van der Waals surface area contributed by atoms with Crippen molar-refractivity contribution in [3.63, 3.8) is 0 Å². The van der Waals surface area contributed by atoms with Crippen molar-refractivity contribution in [2.24, 2.45) is 16.7 Å². The lowest BCUT2D eigenvalue weighted by Gasteiger charge is -2.41. The van der Waals surface area contributed by atoms with Crippen molar-refractivity contribution in [1.82, 2.24) is 0 Å². The van der Waals surface area contributed by atoms with Crippen molar-refractivity contribution >= 4 is 11.8 Å². The Hall–Kier alpha value is -1.20. The van der Waals surface area contributed by atoms with E-state index in [1.807, 2.05) is 20.8 Å². The maximum atomic E-state index is 12.4. The van der Waals surface area contributed by atoms with Crippen LogP contribution in [-0.4, -0.2) is 34.9 Å². The lowest BCUT2D eigenvalue weighted by molar-refractivity contribution is -0.171. The molecule has 2 heterocycles. The van der Waals surface area contributed by atoms with Gasteiger partial charge in [-0.25, -0.2) is 0 Å². The molecule has 0 radical (unpaired) electrons. The van der Waals surface area contributed by atoms with E-state index < -0.39 is 28.8 Å². The topological polar surface area (TPSA) is 76.1 Å². The Morgan fingerprint density at radius 2 is 2.05 bits per heavy atom. The molecular formula is C15H18O5. The fourth-order valence-electron chi connectivity index (χ4n) is 4.51. The smallest absolute Gasteiger partial charge is 0.320 e. The first-order chi connectivity index (χ1) is 9.26. The SMILES string of the molecule is C[C@H]1CC(=O)C=C2C[C@]3(C(=O)O[C@@H]4O[C@@]43C)[C@@H](O)[C@@]21C. The van der Waals surface area contributed by atoms with Crippen LogP contribution in [0.25, 0.3) is 0 Å². The molecular weight excluding hydrogens is 260 g/mol. The number of aliphatic hydroxyl groups excluding tert-OH is 1. The van der Waals surface area contributed by atoms with E-state index in [9.17, 15) is 14.7 Å². The second-order valence-electron chi connectivity index (χ2n) is 7.04. The average molecular weight is 278 g/mol. The third-order valence-corrected chi connectivity index (χ3v) is 6.27. The van der Waals surface area contributed by atoms with E-state index in [1.165, 1.54) is 0 Å². The highest BCUT2D eigenvalue weighted by molar-refractivity contribution is 5.93. The highest BCUT2D eigenvalue weighted by Crippen LogP contribution is 2.70. The van der Waals surface area contributed by atoms with Gasteiger partial charge in [-0.2, -0.15) is 0 Å². The van der Waals surface area contributed by atoms with Gasteiger partial charge in [0, 0.05) is 11.8 Å². The van der Waals surface area contributed by atoms with Crippen LogP contribution >= 0.6 is 0 Å². The quantitative estimate of drug-likeness (QED) is 0.527. The summed E-state index contributed by atoms with van der Waals surface area (Å²) in [6.07, 6.45) is 0.953. The largest absolute Gasteiger partial charge is 0.432 e. The maximum Gasteiger partial charge on any atom is 0.320 e. The number of esters is 1. The van der Waals surface area contributed by atoms with Crippen molar-refractivity contribution in [1.29, 1.82) is 0 Å². The zero-order valence-electron chi connectivity index (χ0n) is 11.8. The van der Waals surface area contributed by atoms with Crippen molar-refractivity contribution in [3.05, 3.63) is 11.6 Å². The van der Waals surface area contributed by atoms with E-state index in [2.05, 4.69) is 0 Å². The van der Waals surface area contributed by atoms with Crippen molar-refractivity contribution in [2.45, 2.75) is 51.6 Å². The van der Waals surface area contributed by atoms with E-state index in [0.717, 1.165) is 5.57 Å². The normalized spacial score (nSPS) is 56.4. The minimum atomic E-state index is -1.06. The summed E-state index contributed by atoms with van der Waals surface area (Å²) in [5.41, 5.74) is -1.51. The number of hydrogen-bond acceptors (Lipinski definition) is 5. The highest BCUT2D eigenvalue weighted by atomic mass is 16.8. The molecule has 4 aliphatic rings. The molecule has 4 rings (SSSR count). The number of fused-ring (bicyclic) bond motifs is 3.